The lowest BCUT2D eigenvalue weighted by molar-refractivity contribution is 1.05. The van der Waals surface area contributed by atoms with Gasteiger partial charge in [0, 0.05) is 28.2 Å². The summed E-state index contributed by atoms with van der Waals surface area (Å²) in [5.74, 6) is 1.04. The monoisotopic (exact) mass is 244 g/mol. The van der Waals surface area contributed by atoms with E-state index in [9.17, 15) is 0 Å². The molecule has 0 spiro atoms. The number of rotatable bonds is 4. The SMILES string of the molecule is Cc1cc(SCCc2ccccn2)ccc1N. The van der Waals surface area contributed by atoms with Gasteiger partial charge in [-0.1, -0.05) is 6.07 Å². The highest BCUT2D eigenvalue weighted by Crippen LogP contribution is 2.22. The number of aromatic nitrogens is 1. The smallest absolute Gasteiger partial charge is 0.0411 e. The second kappa shape index (κ2) is 5.73. The molecule has 0 aliphatic carbocycles. The zero-order chi connectivity index (χ0) is 12.1. The summed E-state index contributed by atoms with van der Waals surface area (Å²) in [5.41, 5.74) is 8.94. The number of benzene rings is 1. The fourth-order valence-electron chi connectivity index (χ4n) is 1.56. The van der Waals surface area contributed by atoms with E-state index in [0.717, 1.165) is 29.1 Å². The molecule has 2 aromatic rings. The second-order valence-corrected chi connectivity index (χ2v) is 5.11. The van der Waals surface area contributed by atoms with E-state index in [1.54, 1.807) is 0 Å². The molecule has 0 atom stereocenters. The first-order chi connectivity index (χ1) is 8.25. The third-order valence-corrected chi connectivity index (χ3v) is 3.59. The molecule has 2 nitrogen and oxygen atoms in total. The molecular weight excluding hydrogens is 228 g/mol. The predicted octanol–water partition coefficient (Wildman–Crippen LogP) is 3.31. The molecule has 2 rings (SSSR count). The number of hydrogen-bond acceptors (Lipinski definition) is 3. The van der Waals surface area contributed by atoms with E-state index in [0.29, 0.717) is 0 Å². The summed E-state index contributed by atoms with van der Waals surface area (Å²) < 4.78 is 0. The highest BCUT2D eigenvalue weighted by atomic mass is 32.2. The zero-order valence-corrected chi connectivity index (χ0v) is 10.7. The first-order valence-corrected chi connectivity index (χ1v) is 6.63. The van der Waals surface area contributed by atoms with Crippen molar-refractivity contribution >= 4 is 17.4 Å². The number of thioether (sulfide) groups is 1. The van der Waals surface area contributed by atoms with Crippen molar-refractivity contribution in [2.75, 3.05) is 11.5 Å². The van der Waals surface area contributed by atoms with Crippen LogP contribution in [0.1, 0.15) is 11.3 Å². The fourth-order valence-corrected chi connectivity index (χ4v) is 2.53. The number of nitrogens with two attached hydrogens (primary N) is 1. The van der Waals surface area contributed by atoms with Gasteiger partial charge >= 0.3 is 0 Å². The molecular formula is C14H16N2S. The van der Waals surface area contributed by atoms with Gasteiger partial charge < -0.3 is 5.73 Å². The predicted molar refractivity (Wildman–Crippen MR) is 74.3 cm³/mol. The van der Waals surface area contributed by atoms with Gasteiger partial charge in [-0.05, 0) is 49.2 Å². The van der Waals surface area contributed by atoms with Gasteiger partial charge in [-0.2, -0.15) is 0 Å². The minimum atomic E-state index is 0.860. The average molecular weight is 244 g/mol. The van der Waals surface area contributed by atoms with Crippen molar-refractivity contribution in [2.45, 2.75) is 18.2 Å². The van der Waals surface area contributed by atoms with Crippen LogP contribution in [0.3, 0.4) is 0 Å². The standard InChI is InChI=1S/C14H16N2S/c1-11-10-13(5-6-14(11)15)17-9-7-12-4-2-3-8-16-12/h2-6,8,10H,7,9,15H2,1H3. The van der Waals surface area contributed by atoms with Gasteiger partial charge in [0.1, 0.15) is 0 Å². The topological polar surface area (TPSA) is 38.9 Å². The molecule has 0 bridgehead atoms. The lowest BCUT2D eigenvalue weighted by Gasteiger charge is -2.04. The molecule has 0 aliphatic heterocycles. The van der Waals surface area contributed by atoms with Gasteiger partial charge in [0.2, 0.25) is 0 Å². The molecule has 1 heterocycles. The van der Waals surface area contributed by atoms with Gasteiger partial charge in [0.25, 0.3) is 0 Å². The summed E-state index contributed by atoms with van der Waals surface area (Å²) in [6, 6.07) is 12.2. The number of nitrogens with zero attached hydrogens (tertiary/aromatic N) is 1. The molecule has 0 fully saturated rings. The van der Waals surface area contributed by atoms with Crippen molar-refractivity contribution in [1.82, 2.24) is 4.98 Å². The molecule has 88 valence electrons. The minimum Gasteiger partial charge on any atom is -0.399 e. The molecule has 0 radical (unpaired) electrons. The van der Waals surface area contributed by atoms with E-state index in [1.807, 2.05) is 43.1 Å². The molecule has 0 aliphatic rings. The van der Waals surface area contributed by atoms with E-state index in [2.05, 4.69) is 23.2 Å². The third-order valence-electron chi connectivity index (χ3n) is 2.59. The van der Waals surface area contributed by atoms with Crippen molar-refractivity contribution in [3.63, 3.8) is 0 Å². The Balaban J connectivity index is 1.88. The zero-order valence-electron chi connectivity index (χ0n) is 9.89. The molecule has 2 N–H and O–H groups in total. The number of aryl methyl sites for hydroxylation is 2. The molecule has 3 heteroatoms. The van der Waals surface area contributed by atoms with Crippen LogP contribution in [0.2, 0.25) is 0 Å². The van der Waals surface area contributed by atoms with Gasteiger partial charge in [0.05, 0.1) is 0 Å². The molecule has 1 aromatic heterocycles. The van der Waals surface area contributed by atoms with E-state index in [-0.39, 0.29) is 0 Å². The van der Waals surface area contributed by atoms with Crippen LogP contribution in [0.5, 0.6) is 0 Å². The van der Waals surface area contributed by atoms with Crippen LogP contribution in [-0.2, 0) is 6.42 Å². The van der Waals surface area contributed by atoms with Crippen LogP contribution in [-0.4, -0.2) is 10.7 Å². The first-order valence-electron chi connectivity index (χ1n) is 5.64. The third kappa shape index (κ3) is 3.49. The van der Waals surface area contributed by atoms with Crippen LogP contribution < -0.4 is 5.73 Å². The fraction of sp³-hybridized carbons (Fsp3) is 0.214. The minimum absolute atomic E-state index is 0.860. The average Bonchev–Trinajstić information content (AvgIpc) is 2.35. The number of pyridine rings is 1. The molecule has 17 heavy (non-hydrogen) atoms. The number of nitrogen functional groups attached to an aromatic ring is 1. The molecule has 0 saturated heterocycles. The summed E-state index contributed by atoms with van der Waals surface area (Å²) in [7, 11) is 0. The summed E-state index contributed by atoms with van der Waals surface area (Å²) in [6.07, 6.45) is 2.84. The van der Waals surface area contributed by atoms with Crippen molar-refractivity contribution in [3.05, 3.63) is 53.9 Å². The molecule has 1 aromatic carbocycles. The summed E-state index contributed by atoms with van der Waals surface area (Å²) in [6.45, 7) is 2.04. The van der Waals surface area contributed by atoms with Crippen LogP contribution in [0, 0.1) is 6.92 Å². The quantitative estimate of drug-likeness (QED) is 0.662. The molecule has 0 saturated carbocycles. The Hall–Kier alpha value is -1.48. The van der Waals surface area contributed by atoms with Crippen molar-refractivity contribution in [1.29, 1.82) is 0 Å². The van der Waals surface area contributed by atoms with Crippen molar-refractivity contribution in [2.24, 2.45) is 0 Å². The Bertz CT molecular complexity index is 483. The van der Waals surface area contributed by atoms with Crippen molar-refractivity contribution < 1.29 is 0 Å². The Morgan fingerprint density at radius 1 is 1.24 bits per heavy atom. The van der Waals surface area contributed by atoms with E-state index >= 15 is 0 Å². The lowest BCUT2D eigenvalue weighted by atomic mass is 10.2. The van der Waals surface area contributed by atoms with Gasteiger partial charge in [-0.15, -0.1) is 11.8 Å². The summed E-state index contributed by atoms with van der Waals surface area (Å²) in [4.78, 5) is 5.58. The van der Waals surface area contributed by atoms with Crippen molar-refractivity contribution in [3.8, 4) is 0 Å². The number of anilines is 1. The van der Waals surface area contributed by atoms with E-state index in [1.165, 1.54) is 4.90 Å². The van der Waals surface area contributed by atoms with E-state index < -0.39 is 0 Å². The highest BCUT2D eigenvalue weighted by molar-refractivity contribution is 7.99. The Kier molecular flexibility index (Phi) is 4.04. The van der Waals surface area contributed by atoms with Crippen LogP contribution in [0.25, 0.3) is 0 Å². The normalized spacial score (nSPS) is 10.4. The Labute approximate surface area is 106 Å². The van der Waals surface area contributed by atoms with Crippen LogP contribution >= 0.6 is 11.8 Å². The molecule has 0 amide bonds. The first kappa shape index (κ1) is 12.0. The summed E-state index contributed by atoms with van der Waals surface area (Å²) in [5, 5.41) is 0. The Morgan fingerprint density at radius 2 is 2.12 bits per heavy atom. The number of hydrogen-bond donors (Lipinski definition) is 1. The van der Waals surface area contributed by atoms with Gasteiger partial charge in [-0.25, -0.2) is 0 Å². The maximum absolute atomic E-state index is 5.79. The van der Waals surface area contributed by atoms with Crippen LogP contribution in [0.4, 0.5) is 5.69 Å². The maximum atomic E-state index is 5.79. The van der Waals surface area contributed by atoms with E-state index in [4.69, 9.17) is 5.73 Å². The highest BCUT2D eigenvalue weighted by Gasteiger charge is 1.99. The van der Waals surface area contributed by atoms with Gasteiger partial charge in [-0.3, -0.25) is 4.98 Å². The second-order valence-electron chi connectivity index (χ2n) is 3.94. The largest absolute Gasteiger partial charge is 0.399 e. The maximum Gasteiger partial charge on any atom is 0.0411 e. The Morgan fingerprint density at radius 3 is 2.82 bits per heavy atom. The summed E-state index contributed by atoms with van der Waals surface area (Å²) >= 11 is 1.84. The van der Waals surface area contributed by atoms with Crippen LogP contribution in [0.15, 0.2) is 47.5 Å². The molecule has 0 unspecified atom stereocenters. The van der Waals surface area contributed by atoms with Gasteiger partial charge in [0.15, 0.2) is 0 Å². The lowest BCUT2D eigenvalue weighted by Crippen LogP contribution is -1.92.